The summed E-state index contributed by atoms with van der Waals surface area (Å²) in [4.78, 5) is 4.43. The smallest absolute Gasteiger partial charge is 0.0541 e. The highest BCUT2D eigenvalue weighted by molar-refractivity contribution is 6.10. The number of rotatable bonds is 8. The fourth-order valence-electron chi connectivity index (χ4n) is 8.62. The molecule has 2 heterocycles. The van der Waals surface area contributed by atoms with Crippen LogP contribution in [-0.4, -0.2) is 23.2 Å². The first kappa shape index (κ1) is 38.5. The molecule has 0 amide bonds. The summed E-state index contributed by atoms with van der Waals surface area (Å²) in [6, 6.07) is 65.9. The van der Waals surface area contributed by atoms with Crippen LogP contribution < -0.4 is 9.80 Å². The number of para-hydroxylation sites is 2. The molecule has 0 bridgehead atoms. The summed E-state index contributed by atoms with van der Waals surface area (Å²) in [5, 5.41) is 5.31. The van der Waals surface area contributed by atoms with Crippen LogP contribution >= 0.6 is 0 Å². The van der Waals surface area contributed by atoms with Gasteiger partial charge in [0.25, 0.3) is 0 Å². The minimum absolute atomic E-state index is 1.05. The number of nitrogens with zero attached hydrogens (tertiary/aromatic N) is 4. The van der Waals surface area contributed by atoms with E-state index in [4.69, 9.17) is 0 Å². The summed E-state index contributed by atoms with van der Waals surface area (Å²) < 4.78 is 4.77. The summed E-state index contributed by atoms with van der Waals surface area (Å²) in [6.45, 7) is 8.76. The first-order chi connectivity index (χ1) is 29.3. The van der Waals surface area contributed by atoms with Gasteiger partial charge in [0.05, 0.1) is 22.1 Å². The number of aryl methyl sites for hydroxylation is 4. The molecule has 0 radical (unpaired) electrons. The monoisotopic (exact) mass is 780 g/mol. The molecule has 0 aliphatic carbocycles. The number of hydrogen-bond acceptors (Lipinski definition) is 2. The second kappa shape index (κ2) is 16.3. The molecular formula is C56H52N4. The van der Waals surface area contributed by atoms with Gasteiger partial charge in [0.2, 0.25) is 0 Å². The number of anilines is 4. The van der Waals surface area contributed by atoms with E-state index >= 15 is 0 Å². The SMILES string of the molecule is CCc1ccc2c(c1)c1cc(CC)ccc1n2-c1ccc(N(C)c2ccccc2)cc1.Cc1ccc2c(c1)c1cc(C)ccc1n2-c1ccc(N(C)c2ccccc2)cc1. The Hall–Kier alpha value is -7.04. The zero-order valence-electron chi connectivity index (χ0n) is 35.5. The largest absolute Gasteiger partial charge is 0.345 e. The van der Waals surface area contributed by atoms with Crippen LogP contribution in [0.15, 0.2) is 182 Å². The molecule has 10 rings (SSSR count). The molecule has 2 aromatic heterocycles. The van der Waals surface area contributed by atoms with E-state index < -0.39 is 0 Å². The Morgan fingerprint density at radius 3 is 1.02 bits per heavy atom. The van der Waals surface area contributed by atoms with E-state index in [-0.39, 0.29) is 0 Å². The van der Waals surface area contributed by atoms with Gasteiger partial charge in [0.15, 0.2) is 0 Å². The average Bonchev–Trinajstić information content (AvgIpc) is 3.80. The topological polar surface area (TPSA) is 16.3 Å². The van der Waals surface area contributed by atoms with Gasteiger partial charge in [0.1, 0.15) is 0 Å². The van der Waals surface area contributed by atoms with Crippen molar-refractivity contribution in [3.63, 3.8) is 0 Å². The Morgan fingerprint density at radius 2 is 0.667 bits per heavy atom. The van der Waals surface area contributed by atoms with Crippen LogP contribution in [-0.2, 0) is 12.8 Å². The molecule has 0 N–H and O–H groups in total. The van der Waals surface area contributed by atoms with Gasteiger partial charge in [-0.05, 0) is 159 Å². The van der Waals surface area contributed by atoms with E-state index in [1.165, 1.54) is 100.0 Å². The third-order valence-corrected chi connectivity index (χ3v) is 12.1. The lowest BCUT2D eigenvalue weighted by Crippen LogP contribution is -2.09. The van der Waals surface area contributed by atoms with Crippen molar-refractivity contribution in [1.29, 1.82) is 0 Å². The Labute approximate surface area is 354 Å². The van der Waals surface area contributed by atoms with E-state index in [1.54, 1.807) is 0 Å². The standard InChI is InChI=1S/C29H28N2.C27H24N2/c1-4-21-11-17-28-26(19-21)27-20-22(5-2)12-18-29(27)31(28)25-15-13-24(14-16-25)30(3)23-9-7-6-8-10-23;1-19-9-15-26-24(17-19)25-18-20(2)10-16-27(25)29(26)23-13-11-22(12-14-23)28(3)21-7-5-4-6-8-21/h6-20H,4-5H2,1-3H3;4-18H,1-3H3. The highest BCUT2D eigenvalue weighted by atomic mass is 15.1. The van der Waals surface area contributed by atoms with Gasteiger partial charge in [-0.25, -0.2) is 0 Å². The Bertz CT molecular complexity index is 2960. The van der Waals surface area contributed by atoms with Crippen molar-refractivity contribution >= 4 is 66.4 Å². The molecule has 0 saturated heterocycles. The molecule has 0 atom stereocenters. The van der Waals surface area contributed by atoms with E-state index in [2.05, 4.69) is 237 Å². The van der Waals surface area contributed by atoms with Crippen molar-refractivity contribution in [1.82, 2.24) is 9.13 Å². The number of benzene rings is 8. The van der Waals surface area contributed by atoms with Crippen LogP contribution in [0.3, 0.4) is 0 Å². The van der Waals surface area contributed by atoms with Crippen molar-refractivity contribution < 1.29 is 0 Å². The van der Waals surface area contributed by atoms with E-state index in [0.29, 0.717) is 0 Å². The van der Waals surface area contributed by atoms with Crippen LogP contribution in [0.1, 0.15) is 36.1 Å². The molecule has 4 heteroatoms. The highest BCUT2D eigenvalue weighted by Crippen LogP contribution is 2.36. The van der Waals surface area contributed by atoms with Crippen LogP contribution in [0, 0.1) is 13.8 Å². The van der Waals surface area contributed by atoms with Crippen LogP contribution in [0.25, 0.3) is 55.0 Å². The minimum atomic E-state index is 1.05. The summed E-state index contributed by atoms with van der Waals surface area (Å²) in [7, 11) is 4.22. The third kappa shape index (κ3) is 7.20. The highest BCUT2D eigenvalue weighted by Gasteiger charge is 2.15. The minimum Gasteiger partial charge on any atom is -0.345 e. The zero-order valence-corrected chi connectivity index (χ0v) is 35.5. The van der Waals surface area contributed by atoms with Crippen LogP contribution in [0.2, 0.25) is 0 Å². The third-order valence-electron chi connectivity index (χ3n) is 12.1. The zero-order chi connectivity index (χ0) is 41.3. The quantitative estimate of drug-likeness (QED) is 0.153. The summed E-state index contributed by atoms with van der Waals surface area (Å²) in [5.74, 6) is 0. The van der Waals surface area contributed by atoms with Gasteiger partial charge in [0, 0.05) is 69.8 Å². The van der Waals surface area contributed by atoms with Crippen molar-refractivity contribution in [3.05, 3.63) is 204 Å². The lowest BCUT2D eigenvalue weighted by molar-refractivity contribution is 1.13. The van der Waals surface area contributed by atoms with Crippen molar-refractivity contribution in [3.8, 4) is 11.4 Å². The number of hydrogen-bond donors (Lipinski definition) is 0. The van der Waals surface area contributed by atoms with Gasteiger partial charge in [-0.1, -0.05) is 85.6 Å². The molecule has 0 fully saturated rings. The van der Waals surface area contributed by atoms with Gasteiger partial charge in [-0.15, -0.1) is 0 Å². The average molecular weight is 781 g/mol. The molecule has 8 aromatic carbocycles. The number of aromatic nitrogens is 2. The van der Waals surface area contributed by atoms with Crippen LogP contribution in [0.4, 0.5) is 22.7 Å². The molecule has 0 aliphatic rings. The maximum Gasteiger partial charge on any atom is 0.0541 e. The van der Waals surface area contributed by atoms with E-state index in [9.17, 15) is 0 Å². The second-order valence-corrected chi connectivity index (χ2v) is 15.9. The molecule has 4 nitrogen and oxygen atoms in total. The summed E-state index contributed by atoms with van der Waals surface area (Å²) >= 11 is 0. The first-order valence-corrected chi connectivity index (χ1v) is 21.2. The maximum atomic E-state index is 2.40. The molecule has 60 heavy (non-hydrogen) atoms. The Kier molecular flexibility index (Phi) is 10.5. The number of fused-ring (bicyclic) bond motifs is 6. The fraction of sp³-hybridized carbons (Fsp3) is 0.143. The first-order valence-electron chi connectivity index (χ1n) is 21.2. The maximum absolute atomic E-state index is 2.40. The Morgan fingerprint density at radius 1 is 0.350 bits per heavy atom. The molecule has 0 spiro atoms. The van der Waals surface area contributed by atoms with E-state index in [0.717, 1.165) is 12.8 Å². The van der Waals surface area contributed by atoms with Gasteiger partial charge < -0.3 is 18.9 Å². The molecular weight excluding hydrogens is 729 g/mol. The van der Waals surface area contributed by atoms with Gasteiger partial charge in [-0.3, -0.25) is 0 Å². The molecule has 0 aliphatic heterocycles. The van der Waals surface area contributed by atoms with Crippen molar-refractivity contribution in [2.75, 3.05) is 23.9 Å². The second-order valence-electron chi connectivity index (χ2n) is 15.9. The lowest BCUT2D eigenvalue weighted by Gasteiger charge is -2.20. The lowest BCUT2D eigenvalue weighted by atomic mass is 10.1. The molecule has 0 saturated carbocycles. The predicted molar refractivity (Wildman–Crippen MR) is 259 cm³/mol. The van der Waals surface area contributed by atoms with Gasteiger partial charge >= 0.3 is 0 Å². The predicted octanol–water partition coefficient (Wildman–Crippen LogP) is 14.8. The van der Waals surface area contributed by atoms with E-state index in [1.807, 2.05) is 6.07 Å². The Balaban J connectivity index is 0.000000154. The van der Waals surface area contributed by atoms with Crippen LogP contribution in [0.5, 0.6) is 0 Å². The molecule has 0 unspecified atom stereocenters. The van der Waals surface area contributed by atoms with Crippen molar-refractivity contribution in [2.24, 2.45) is 0 Å². The summed E-state index contributed by atoms with van der Waals surface area (Å²) in [6.07, 6.45) is 2.10. The van der Waals surface area contributed by atoms with Crippen molar-refractivity contribution in [2.45, 2.75) is 40.5 Å². The summed E-state index contributed by atoms with van der Waals surface area (Å²) in [5.41, 5.74) is 17.5. The fourth-order valence-corrected chi connectivity index (χ4v) is 8.62. The molecule has 10 aromatic rings. The van der Waals surface area contributed by atoms with Gasteiger partial charge in [-0.2, -0.15) is 0 Å². The normalized spacial score (nSPS) is 11.3. The molecule has 296 valence electrons.